The molecule has 10 heteroatoms. The van der Waals surface area contributed by atoms with Gasteiger partial charge in [-0.15, -0.1) is 0 Å². The smallest absolute Gasteiger partial charge is 0.298 e. The van der Waals surface area contributed by atoms with Crippen LogP contribution in [0.4, 0.5) is 0 Å². The van der Waals surface area contributed by atoms with E-state index in [2.05, 4.69) is 5.87 Å². The zero-order valence-electron chi connectivity index (χ0n) is 13.0. The Labute approximate surface area is 150 Å². The summed E-state index contributed by atoms with van der Waals surface area (Å²) in [5.41, 5.74) is 1.02. The molecule has 2 N–H and O–H groups in total. The normalized spacial score (nSPS) is 14.8. The molecule has 24 heavy (non-hydrogen) atoms. The van der Waals surface area contributed by atoms with E-state index in [1.54, 1.807) is 23.1 Å². The van der Waals surface area contributed by atoms with Crippen LogP contribution in [0.1, 0.15) is 12.8 Å². The van der Waals surface area contributed by atoms with E-state index in [1.165, 1.54) is 0 Å². The molecule has 1 unspecified atom stereocenters. The molecule has 0 aliphatic heterocycles. The molecule has 1 aromatic carbocycles. The first-order valence-corrected chi connectivity index (χ1v) is 12.5. The fraction of sp³-hybridized carbons (Fsp3) is 0.429. The van der Waals surface area contributed by atoms with Crippen molar-refractivity contribution >= 4 is 59.1 Å². The molecule has 0 aliphatic rings. The summed E-state index contributed by atoms with van der Waals surface area (Å²) < 4.78 is 55.2. The number of fused-ring (bicyclic) bond motifs is 1. The third-order valence-electron chi connectivity index (χ3n) is 3.19. The third kappa shape index (κ3) is 6.34. The van der Waals surface area contributed by atoms with E-state index in [4.69, 9.17) is 4.55 Å². The summed E-state index contributed by atoms with van der Waals surface area (Å²) in [6.45, 7) is 0.484. The predicted octanol–water partition coefficient (Wildman–Crippen LogP) is 2.14. The Balaban J connectivity index is 2.11. The van der Waals surface area contributed by atoms with Gasteiger partial charge in [0.1, 0.15) is 4.70 Å². The van der Waals surface area contributed by atoms with E-state index < -0.39 is 19.9 Å². The lowest BCUT2D eigenvalue weighted by Gasteiger charge is -2.01. The van der Waals surface area contributed by atoms with Crippen molar-refractivity contribution < 1.29 is 26.3 Å². The Morgan fingerprint density at radius 2 is 1.83 bits per heavy atom. The summed E-state index contributed by atoms with van der Waals surface area (Å²) in [7, 11) is -6.92. The molecule has 0 bridgehead atoms. The number of rotatable bonds is 9. The number of aromatic nitrogens is 1. The standard InChI is InChI=1S/C14H19NO5S4/c1-23(16,17)10-5-9-21-14-15(8-4-11-24(18,19)20)12-6-2-3-7-13(12)22-14/h2-3,6-7H,1,4-5,8-11H2,(H-,16,17,18,19,20)/p+1. The van der Waals surface area contributed by atoms with E-state index in [0.717, 1.165) is 14.6 Å². The highest BCUT2D eigenvalue weighted by Crippen LogP contribution is 2.28. The number of aryl methyl sites for hydroxylation is 1. The van der Waals surface area contributed by atoms with Crippen LogP contribution in [0.3, 0.4) is 0 Å². The lowest BCUT2D eigenvalue weighted by molar-refractivity contribution is -0.701. The molecule has 1 heterocycles. The summed E-state index contributed by atoms with van der Waals surface area (Å²) in [5.74, 6) is 3.79. The molecule has 0 aliphatic carbocycles. The molecule has 0 spiro atoms. The van der Waals surface area contributed by atoms with Gasteiger partial charge in [0.15, 0.2) is 6.54 Å². The number of thioether (sulfide) groups is 1. The largest absolute Gasteiger partial charge is 0.314 e. The summed E-state index contributed by atoms with van der Waals surface area (Å²) in [5, 5.41) is 0. The van der Waals surface area contributed by atoms with E-state index in [1.807, 2.05) is 28.8 Å². The van der Waals surface area contributed by atoms with Crippen molar-refractivity contribution in [2.24, 2.45) is 0 Å². The molecule has 2 aromatic rings. The van der Waals surface area contributed by atoms with E-state index >= 15 is 0 Å². The predicted molar refractivity (Wildman–Crippen MR) is 101 cm³/mol. The number of thiazole rings is 1. The summed E-state index contributed by atoms with van der Waals surface area (Å²) >= 11 is 3.18. The lowest BCUT2D eigenvalue weighted by atomic mass is 10.3. The summed E-state index contributed by atoms with van der Waals surface area (Å²) in [6, 6.07) is 7.84. The zero-order chi connectivity index (χ0) is 17.8. The van der Waals surface area contributed by atoms with Gasteiger partial charge in [-0.05, 0) is 30.1 Å². The first kappa shape index (κ1) is 19.7. The second kappa shape index (κ2) is 8.15. The van der Waals surface area contributed by atoms with Crippen LogP contribution < -0.4 is 4.57 Å². The number of benzene rings is 1. The van der Waals surface area contributed by atoms with Crippen LogP contribution in [0.2, 0.25) is 0 Å². The first-order valence-electron chi connectivity index (χ1n) is 7.22. The molecule has 6 nitrogen and oxygen atoms in total. The van der Waals surface area contributed by atoms with Crippen molar-refractivity contribution in [1.29, 1.82) is 0 Å². The van der Waals surface area contributed by atoms with Crippen molar-refractivity contribution in [3.05, 3.63) is 24.3 Å². The van der Waals surface area contributed by atoms with Gasteiger partial charge in [-0.1, -0.05) is 23.5 Å². The van der Waals surface area contributed by atoms with Gasteiger partial charge in [-0.3, -0.25) is 4.55 Å². The Morgan fingerprint density at radius 1 is 1.12 bits per heavy atom. The fourth-order valence-electron chi connectivity index (χ4n) is 2.18. The summed E-state index contributed by atoms with van der Waals surface area (Å²) in [6.07, 6.45) is 0.893. The van der Waals surface area contributed by atoms with E-state index in [9.17, 15) is 17.2 Å². The van der Waals surface area contributed by atoms with Crippen molar-refractivity contribution in [3.63, 3.8) is 0 Å². The van der Waals surface area contributed by atoms with Crippen LogP contribution >= 0.6 is 23.1 Å². The maximum Gasteiger partial charge on any atom is 0.298 e. The monoisotopic (exact) mass is 410 g/mol. The zero-order valence-corrected chi connectivity index (χ0v) is 16.2. The number of hydrogen-bond acceptors (Lipinski definition) is 5. The fourth-order valence-corrected chi connectivity index (χ4v) is 5.94. The minimum atomic E-state index is -3.96. The van der Waals surface area contributed by atoms with Crippen LogP contribution in [-0.2, 0) is 26.5 Å². The minimum Gasteiger partial charge on any atom is -0.314 e. The number of para-hydroxylation sites is 1. The van der Waals surface area contributed by atoms with Crippen LogP contribution in [0.25, 0.3) is 10.2 Å². The van der Waals surface area contributed by atoms with Gasteiger partial charge in [0.05, 0.1) is 15.6 Å². The van der Waals surface area contributed by atoms with Gasteiger partial charge in [-0.2, -0.15) is 13.0 Å². The molecule has 2 rings (SSSR count). The maximum atomic E-state index is 11.2. The maximum absolute atomic E-state index is 11.2. The second-order valence-corrected chi connectivity index (χ2v) is 11.2. The van der Waals surface area contributed by atoms with Crippen LogP contribution in [-0.4, -0.2) is 44.9 Å². The van der Waals surface area contributed by atoms with Crippen molar-refractivity contribution in [2.75, 3.05) is 17.3 Å². The Kier molecular flexibility index (Phi) is 6.68. The highest BCUT2D eigenvalue weighted by Gasteiger charge is 2.21. The molecular weight excluding hydrogens is 390 g/mol. The SMILES string of the molecule is C=S(=O)(O)CCCSc1sc2ccccc2[n+]1CCCS(=O)(=O)O. The van der Waals surface area contributed by atoms with Gasteiger partial charge in [0.25, 0.3) is 14.5 Å². The molecular formula is C14H20NO5S4+. The van der Waals surface area contributed by atoms with E-state index in [-0.39, 0.29) is 11.5 Å². The Hall–Kier alpha value is -0.650. The van der Waals surface area contributed by atoms with Crippen molar-refractivity contribution in [2.45, 2.75) is 23.7 Å². The van der Waals surface area contributed by atoms with Gasteiger partial charge >= 0.3 is 0 Å². The molecule has 0 amide bonds. The third-order valence-corrected chi connectivity index (χ3v) is 7.45. The molecule has 0 radical (unpaired) electrons. The Bertz CT molecular complexity index is 902. The van der Waals surface area contributed by atoms with Crippen molar-refractivity contribution in [3.8, 4) is 0 Å². The quantitative estimate of drug-likeness (QED) is 0.216. The second-order valence-electron chi connectivity index (χ2n) is 5.31. The summed E-state index contributed by atoms with van der Waals surface area (Å²) in [4.78, 5) is 0. The van der Waals surface area contributed by atoms with Gasteiger partial charge in [-0.25, -0.2) is 4.21 Å². The molecule has 0 saturated carbocycles. The van der Waals surface area contributed by atoms with Gasteiger partial charge in [0, 0.05) is 24.0 Å². The lowest BCUT2D eigenvalue weighted by Crippen LogP contribution is -2.35. The number of nitrogens with zero attached hydrogens (tertiary/aromatic N) is 1. The minimum absolute atomic E-state index is 0.160. The molecule has 134 valence electrons. The Morgan fingerprint density at radius 3 is 2.50 bits per heavy atom. The van der Waals surface area contributed by atoms with Crippen LogP contribution in [0.5, 0.6) is 0 Å². The molecule has 1 atom stereocenters. The molecule has 0 saturated heterocycles. The van der Waals surface area contributed by atoms with Gasteiger partial charge in [0.2, 0.25) is 5.52 Å². The van der Waals surface area contributed by atoms with Crippen LogP contribution in [0, 0.1) is 0 Å². The van der Waals surface area contributed by atoms with Gasteiger partial charge < -0.3 is 4.55 Å². The topological polar surface area (TPSA) is 95.5 Å². The number of hydrogen-bond donors (Lipinski definition) is 2. The molecule has 0 fully saturated rings. The first-order chi connectivity index (χ1) is 11.2. The highest BCUT2D eigenvalue weighted by molar-refractivity contribution is 8.01. The highest BCUT2D eigenvalue weighted by atomic mass is 32.2. The molecule has 1 aromatic heterocycles. The van der Waals surface area contributed by atoms with E-state index in [0.29, 0.717) is 25.1 Å². The van der Waals surface area contributed by atoms with Crippen molar-refractivity contribution in [1.82, 2.24) is 0 Å². The van der Waals surface area contributed by atoms with Crippen LogP contribution in [0.15, 0.2) is 28.6 Å². The average molecular weight is 411 g/mol. The average Bonchev–Trinajstić information content (AvgIpc) is 2.80.